The van der Waals surface area contributed by atoms with Crippen molar-refractivity contribution in [3.05, 3.63) is 17.2 Å². The summed E-state index contributed by atoms with van der Waals surface area (Å²) in [5.74, 6) is -0.0202. The number of pyridine rings is 1. The molecule has 1 saturated heterocycles. The van der Waals surface area contributed by atoms with Gasteiger partial charge in [-0.25, -0.2) is 9.37 Å². The summed E-state index contributed by atoms with van der Waals surface area (Å²) in [4.78, 5) is 14.5. The number of piperidine rings is 1. The molecule has 2 aromatic rings. The molecule has 22 heavy (non-hydrogen) atoms. The zero-order valence-corrected chi connectivity index (χ0v) is 13.2. The molecule has 0 radical (unpaired) electrons. The average Bonchev–Trinajstić information content (AvgIpc) is 2.57. The smallest absolute Gasteiger partial charge is 0.318 e. The van der Waals surface area contributed by atoms with Crippen LogP contribution in [0.2, 0.25) is 5.15 Å². The van der Waals surface area contributed by atoms with Crippen LogP contribution in [0.5, 0.6) is 6.01 Å². The maximum atomic E-state index is 14.2. The van der Waals surface area contributed by atoms with Gasteiger partial charge < -0.3 is 15.0 Å². The van der Waals surface area contributed by atoms with Crippen molar-refractivity contribution < 1.29 is 9.13 Å². The van der Waals surface area contributed by atoms with Crippen molar-refractivity contribution in [3.8, 4) is 6.01 Å². The van der Waals surface area contributed by atoms with E-state index in [0.717, 1.165) is 25.9 Å². The number of hydrogen-bond acceptors (Lipinski definition) is 6. The summed E-state index contributed by atoms with van der Waals surface area (Å²) in [6, 6.07) is 0.491. The predicted octanol–water partition coefficient (Wildman–Crippen LogP) is 2.01. The summed E-state index contributed by atoms with van der Waals surface area (Å²) in [6.07, 6.45) is 3.65. The lowest BCUT2D eigenvalue weighted by Gasteiger charge is -2.33. The Balaban J connectivity index is 2.13. The van der Waals surface area contributed by atoms with Crippen LogP contribution in [0.4, 0.5) is 10.2 Å². The van der Waals surface area contributed by atoms with Gasteiger partial charge in [-0.2, -0.15) is 9.97 Å². The quantitative estimate of drug-likeness (QED) is 0.871. The van der Waals surface area contributed by atoms with E-state index in [2.05, 4.69) is 25.2 Å². The monoisotopic (exact) mass is 325 g/mol. The molecule has 1 unspecified atom stereocenters. The summed E-state index contributed by atoms with van der Waals surface area (Å²) in [5, 5.41) is 3.61. The van der Waals surface area contributed by atoms with Crippen LogP contribution >= 0.6 is 11.6 Å². The number of methoxy groups -OCH3 is 1. The Morgan fingerprint density at radius 3 is 3.00 bits per heavy atom. The number of rotatable bonds is 3. The van der Waals surface area contributed by atoms with Crippen molar-refractivity contribution in [1.82, 2.24) is 20.3 Å². The van der Waals surface area contributed by atoms with Gasteiger partial charge in [-0.3, -0.25) is 0 Å². The Kier molecular flexibility index (Phi) is 4.26. The molecule has 0 saturated carbocycles. The number of halogens is 2. The third-order valence-corrected chi connectivity index (χ3v) is 4.18. The molecule has 6 nitrogen and oxygen atoms in total. The van der Waals surface area contributed by atoms with E-state index in [1.807, 2.05) is 7.05 Å². The standard InChI is InChI=1S/C14H17ClFN5O/c1-17-8-4-3-5-21(7-8)13-9-6-18-12(15)10(16)11(9)19-14(20-13)22-2/h6,8,17H,3-5,7H2,1-2H3. The fourth-order valence-corrected chi connectivity index (χ4v) is 2.88. The Morgan fingerprint density at radius 1 is 1.45 bits per heavy atom. The van der Waals surface area contributed by atoms with Crippen molar-refractivity contribution >= 4 is 28.3 Å². The minimum atomic E-state index is -0.650. The highest BCUT2D eigenvalue weighted by molar-refractivity contribution is 6.30. The summed E-state index contributed by atoms with van der Waals surface area (Å²) < 4.78 is 19.3. The van der Waals surface area contributed by atoms with E-state index in [1.165, 1.54) is 13.3 Å². The summed E-state index contributed by atoms with van der Waals surface area (Å²) in [7, 11) is 3.39. The molecule has 1 aliphatic rings. The van der Waals surface area contributed by atoms with Crippen LogP contribution in [0.3, 0.4) is 0 Å². The van der Waals surface area contributed by atoms with Crippen molar-refractivity contribution in [1.29, 1.82) is 0 Å². The van der Waals surface area contributed by atoms with E-state index in [1.54, 1.807) is 0 Å². The average molecular weight is 326 g/mol. The van der Waals surface area contributed by atoms with Crippen LogP contribution in [0.1, 0.15) is 12.8 Å². The second-order valence-corrected chi connectivity index (χ2v) is 5.59. The molecule has 1 aliphatic heterocycles. The van der Waals surface area contributed by atoms with E-state index >= 15 is 0 Å². The Hall–Kier alpha value is -1.73. The van der Waals surface area contributed by atoms with Crippen LogP contribution in [-0.2, 0) is 0 Å². The first kappa shape index (κ1) is 15.2. The van der Waals surface area contributed by atoms with Crippen molar-refractivity contribution in [2.75, 3.05) is 32.1 Å². The summed E-state index contributed by atoms with van der Waals surface area (Å²) in [6.45, 7) is 1.63. The first-order chi connectivity index (χ1) is 10.6. The molecule has 3 rings (SSSR count). The Morgan fingerprint density at radius 2 is 2.27 bits per heavy atom. The largest absolute Gasteiger partial charge is 0.467 e. The minimum Gasteiger partial charge on any atom is -0.467 e. The van der Waals surface area contributed by atoms with Crippen molar-refractivity contribution in [2.45, 2.75) is 18.9 Å². The molecular formula is C14H17ClFN5O. The number of anilines is 1. The molecule has 0 aromatic carbocycles. The molecule has 1 N–H and O–H groups in total. The van der Waals surface area contributed by atoms with Gasteiger partial charge in [0.15, 0.2) is 11.0 Å². The van der Waals surface area contributed by atoms with E-state index in [0.29, 0.717) is 17.2 Å². The molecule has 0 aliphatic carbocycles. The van der Waals surface area contributed by atoms with Crippen molar-refractivity contribution in [3.63, 3.8) is 0 Å². The van der Waals surface area contributed by atoms with Gasteiger partial charge in [0.2, 0.25) is 0 Å². The van der Waals surface area contributed by atoms with Crippen LogP contribution in [-0.4, -0.2) is 48.2 Å². The van der Waals surface area contributed by atoms with Gasteiger partial charge in [0.25, 0.3) is 0 Å². The molecule has 2 aromatic heterocycles. The van der Waals surface area contributed by atoms with E-state index < -0.39 is 5.82 Å². The molecule has 0 bridgehead atoms. The second kappa shape index (κ2) is 6.18. The van der Waals surface area contributed by atoms with E-state index in [-0.39, 0.29) is 16.7 Å². The van der Waals surface area contributed by atoms with E-state index in [9.17, 15) is 4.39 Å². The second-order valence-electron chi connectivity index (χ2n) is 5.23. The lowest BCUT2D eigenvalue weighted by atomic mass is 10.1. The molecule has 3 heterocycles. The van der Waals surface area contributed by atoms with Gasteiger partial charge in [-0.05, 0) is 19.9 Å². The van der Waals surface area contributed by atoms with Crippen LogP contribution in [0.25, 0.3) is 10.9 Å². The Labute approximate surface area is 132 Å². The van der Waals surface area contributed by atoms with Crippen LogP contribution < -0.4 is 15.0 Å². The van der Waals surface area contributed by atoms with Gasteiger partial charge in [-0.15, -0.1) is 0 Å². The molecule has 1 atom stereocenters. The highest BCUT2D eigenvalue weighted by Gasteiger charge is 2.24. The number of likely N-dealkylation sites (N-methyl/N-ethyl adjacent to an activating group) is 1. The maximum Gasteiger partial charge on any atom is 0.318 e. The number of aromatic nitrogens is 3. The number of hydrogen-bond donors (Lipinski definition) is 1. The van der Waals surface area contributed by atoms with Crippen LogP contribution in [0.15, 0.2) is 6.20 Å². The first-order valence-corrected chi connectivity index (χ1v) is 7.49. The SMILES string of the molecule is CNC1CCCN(c2nc(OC)nc3c(F)c(Cl)ncc23)C1. The topological polar surface area (TPSA) is 63.2 Å². The predicted molar refractivity (Wildman–Crippen MR) is 83.1 cm³/mol. The van der Waals surface area contributed by atoms with Gasteiger partial charge in [0.1, 0.15) is 11.3 Å². The fourth-order valence-electron chi connectivity index (χ4n) is 2.74. The number of nitrogens with one attached hydrogen (secondary N) is 1. The third-order valence-electron chi connectivity index (χ3n) is 3.91. The molecule has 118 valence electrons. The number of nitrogens with zero attached hydrogens (tertiary/aromatic N) is 4. The van der Waals surface area contributed by atoms with Gasteiger partial charge in [0.05, 0.1) is 12.5 Å². The van der Waals surface area contributed by atoms with Gasteiger partial charge in [0, 0.05) is 25.3 Å². The van der Waals surface area contributed by atoms with Crippen LogP contribution in [0, 0.1) is 5.82 Å². The summed E-state index contributed by atoms with van der Waals surface area (Å²) >= 11 is 5.76. The third kappa shape index (κ3) is 2.66. The number of fused-ring (bicyclic) bond motifs is 1. The Bertz CT molecular complexity index is 698. The highest BCUT2D eigenvalue weighted by atomic mass is 35.5. The van der Waals surface area contributed by atoms with Crippen molar-refractivity contribution in [2.24, 2.45) is 0 Å². The lowest BCUT2D eigenvalue weighted by Crippen LogP contribution is -2.44. The summed E-state index contributed by atoms with van der Waals surface area (Å²) in [5.41, 5.74) is 0.133. The lowest BCUT2D eigenvalue weighted by molar-refractivity contribution is 0.379. The fraction of sp³-hybridized carbons (Fsp3) is 0.500. The zero-order chi connectivity index (χ0) is 15.7. The van der Waals surface area contributed by atoms with Gasteiger partial charge >= 0.3 is 6.01 Å². The molecule has 8 heteroatoms. The normalized spacial score (nSPS) is 18.7. The maximum absolute atomic E-state index is 14.2. The van der Waals surface area contributed by atoms with Gasteiger partial charge in [-0.1, -0.05) is 11.6 Å². The molecule has 0 spiro atoms. The minimum absolute atomic E-state index is 0.121. The first-order valence-electron chi connectivity index (χ1n) is 7.12. The number of ether oxygens (including phenoxy) is 1. The zero-order valence-electron chi connectivity index (χ0n) is 12.4. The van der Waals surface area contributed by atoms with E-state index in [4.69, 9.17) is 16.3 Å². The molecular weight excluding hydrogens is 309 g/mol. The highest BCUT2D eigenvalue weighted by Crippen LogP contribution is 2.31. The molecule has 1 fully saturated rings. The molecule has 0 amide bonds.